The van der Waals surface area contributed by atoms with Crippen LogP contribution >= 0.6 is 35.1 Å². The van der Waals surface area contributed by atoms with Gasteiger partial charge in [-0.05, 0) is 37.4 Å². The zero-order valence-electron chi connectivity index (χ0n) is 10.9. The molecular formula is C13H18ClNO2S2. The highest BCUT2D eigenvalue weighted by Gasteiger charge is 2.17. The van der Waals surface area contributed by atoms with Crippen molar-refractivity contribution in [3.63, 3.8) is 0 Å². The Morgan fingerprint density at radius 1 is 1.42 bits per heavy atom. The van der Waals surface area contributed by atoms with Gasteiger partial charge in [-0.2, -0.15) is 11.8 Å². The number of rotatable bonds is 7. The zero-order chi connectivity index (χ0) is 14.3. The van der Waals surface area contributed by atoms with Gasteiger partial charge in [-0.25, -0.2) is 0 Å². The molecule has 2 unspecified atom stereocenters. The predicted octanol–water partition coefficient (Wildman–Crippen LogP) is 2.66. The summed E-state index contributed by atoms with van der Waals surface area (Å²) in [5.74, 6) is 0.332. The summed E-state index contributed by atoms with van der Waals surface area (Å²) < 4.78 is 0. The SMILES string of the molecule is CSC(CO)C(C)NC(=O)CSc1ccc(Cl)cc1. The third-order valence-electron chi connectivity index (χ3n) is 2.61. The fourth-order valence-corrected chi connectivity index (χ4v) is 2.97. The Morgan fingerprint density at radius 3 is 2.58 bits per heavy atom. The van der Waals surface area contributed by atoms with Crippen LogP contribution in [0.15, 0.2) is 29.2 Å². The molecule has 2 atom stereocenters. The minimum absolute atomic E-state index is 0.0278. The molecule has 0 aliphatic rings. The highest BCUT2D eigenvalue weighted by atomic mass is 35.5. The summed E-state index contributed by atoms with van der Waals surface area (Å²) >= 11 is 8.81. The largest absolute Gasteiger partial charge is 0.395 e. The highest BCUT2D eigenvalue weighted by molar-refractivity contribution is 8.00. The van der Waals surface area contributed by atoms with Crippen molar-refractivity contribution in [3.8, 4) is 0 Å². The maximum Gasteiger partial charge on any atom is 0.230 e. The molecule has 0 aromatic heterocycles. The van der Waals surface area contributed by atoms with Gasteiger partial charge in [-0.3, -0.25) is 4.79 Å². The molecular weight excluding hydrogens is 302 g/mol. The Hall–Kier alpha value is -0.360. The molecule has 0 saturated carbocycles. The van der Waals surface area contributed by atoms with Crippen molar-refractivity contribution >= 4 is 41.0 Å². The Morgan fingerprint density at radius 2 is 2.05 bits per heavy atom. The molecule has 0 spiro atoms. The van der Waals surface area contributed by atoms with Crippen molar-refractivity contribution in [2.75, 3.05) is 18.6 Å². The van der Waals surface area contributed by atoms with Crippen LogP contribution in [0.4, 0.5) is 0 Å². The molecule has 19 heavy (non-hydrogen) atoms. The van der Waals surface area contributed by atoms with Gasteiger partial charge in [0.15, 0.2) is 0 Å². The van der Waals surface area contributed by atoms with Crippen molar-refractivity contribution < 1.29 is 9.90 Å². The summed E-state index contributed by atoms with van der Waals surface area (Å²) in [5, 5.41) is 12.8. The predicted molar refractivity (Wildman–Crippen MR) is 84.2 cm³/mol. The minimum atomic E-state index is -0.0432. The molecule has 0 fully saturated rings. The Balaban J connectivity index is 2.37. The smallest absolute Gasteiger partial charge is 0.230 e. The molecule has 6 heteroatoms. The van der Waals surface area contributed by atoms with Gasteiger partial charge in [-0.1, -0.05) is 11.6 Å². The zero-order valence-corrected chi connectivity index (χ0v) is 13.3. The van der Waals surface area contributed by atoms with E-state index in [4.69, 9.17) is 16.7 Å². The van der Waals surface area contributed by atoms with E-state index < -0.39 is 0 Å². The summed E-state index contributed by atoms with van der Waals surface area (Å²) in [7, 11) is 0. The summed E-state index contributed by atoms with van der Waals surface area (Å²) in [6, 6.07) is 7.35. The fourth-order valence-electron chi connectivity index (χ4n) is 1.51. The lowest BCUT2D eigenvalue weighted by molar-refractivity contribution is -0.119. The van der Waals surface area contributed by atoms with E-state index in [1.165, 1.54) is 11.8 Å². The van der Waals surface area contributed by atoms with E-state index in [0.717, 1.165) is 4.90 Å². The molecule has 1 rings (SSSR count). The lowest BCUT2D eigenvalue weighted by Gasteiger charge is -2.21. The fraction of sp³-hybridized carbons (Fsp3) is 0.462. The topological polar surface area (TPSA) is 49.3 Å². The van der Waals surface area contributed by atoms with Gasteiger partial charge in [-0.15, -0.1) is 11.8 Å². The first-order valence-electron chi connectivity index (χ1n) is 5.88. The lowest BCUT2D eigenvalue weighted by atomic mass is 10.2. The Labute approximate surface area is 127 Å². The lowest BCUT2D eigenvalue weighted by Crippen LogP contribution is -2.42. The molecule has 3 nitrogen and oxygen atoms in total. The van der Waals surface area contributed by atoms with Crippen LogP contribution in [-0.4, -0.2) is 40.9 Å². The molecule has 0 aliphatic carbocycles. The van der Waals surface area contributed by atoms with Crippen LogP contribution in [0.1, 0.15) is 6.92 Å². The molecule has 0 bridgehead atoms. The Kier molecular flexibility index (Phi) is 7.68. The average Bonchev–Trinajstić information content (AvgIpc) is 2.39. The number of carbonyl (C=O) groups is 1. The second-order valence-electron chi connectivity index (χ2n) is 4.06. The maximum absolute atomic E-state index is 11.8. The second-order valence-corrected chi connectivity index (χ2v) is 6.62. The van der Waals surface area contributed by atoms with Crippen LogP contribution in [0.3, 0.4) is 0 Å². The van der Waals surface area contributed by atoms with Gasteiger partial charge in [0.25, 0.3) is 0 Å². The number of nitrogens with one attached hydrogen (secondary N) is 1. The summed E-state index contributed by atoms with van der Waals surface area (Å²) in [6.07, 6.45) is 1.92. The van der Waals surface area contributed by atoms with E-state index in [0.29, 0.717) is 10.8 Å². The average molecular weight is 320 g/mol. The van der Waals surface area contributed by atoms with E-state index in [-0.39, 0.29) is 23.8 Å². The number of halogens is 1. The molecule has 1 aromatic rings. The Bertz CT molecular complexity index is 396. The van der Waals surface area contributed by atoms with Crippen LogP contribution in [0.5, 0.6) is 0 Å². The molecule has 1 aromatic carbocycles. The van der Waals surface area contributed by atoms with Gasteiger partial charge < -0.3 is 10.4 Å². The third kappa shape index (κ3) is 6.08. The molecule has 106 valence electrons. The monoisotopic (exact) mass is 319 g/mol. The molecule has 0 saturated heterocycles. The number of benzene rings is 1. The van der Waals surface area contributed by atoms with Crippen LogP contribution in [-0.2, 0) is 4.79 Å². The third-order valence-corrected chi connectivity index (χ3v) is 5.04. The van der Waals surface area contributed by atoms with Gasteiger partial charge in [0.1, 0.15) is 0 Å². The van der Waals surface area contributed by atoms with E-state index in [1.807, 2.05) is 25.3 Å². The molecule has 0 heterocycles. The van der Waals surface area contributed by atoms with Crippen molar-refractivity contribution in [2.24, 2.45) is 0 Å². The van der Waals surface area contributed by atoms with Crippen molar-refractivity contribution in [3.05, 3.63) is 29.3 Å². The molecule has 2 N–H and O–H groups in total. The first-order chi connectivity index (χ1) is 9.06. The number of carbonyl (C=O) groups excluding carboxylic acids is 1. The van der Waals surface area contributed by atoms with E-state index >= 15 is 0 Å². The van der Waals surface area contributed by atoms with Gasteiger partial charge in [0, 0.05) is 21.2 Å². The number of hydrogen-bond acceptors (Lipinski definition) is 4. The quantitative estimate of drug-likeness (QED) is 0.759. The number of aliphatic hydroxyl groups is 1. The minimum Gasteiger partial charge on any atom is -0.395 e. The van der Waals surface area contributed by atoms with E-state index in [2.05, 4.69) is 5.32 Å². The number of amides is 1. The van der Waals surface area contributed by atoms with E-state index in [9.17, 15) is 4.79 Å². The summed E-state index contributed by atoms with van der Waals surface area (Å²) in [5.41, 5.74) is 0. The first kappa shape index (κ1) is 16.7. The van der Waals surface area contributed by atoms with Crippen LogP contribution in [0, 0.1) is 0 Å². The van der Waals surface area contributed by atoms with Crippen molar-refractivity contribution in [1.29, 1.82) is 0 Å². The van der Waals surface area contributed by atoms with Crippen LogP contribution in [0.25, 0.3) is 0 Å². The van der Waals surface area contributed by atoms with Gasteiger partial charge >= 0.3 is 0 Å². The van der Waals surface area contributed by atoms with E-state index in [1.54, 1.807) is 23.9 Å². The normalized spacial score (nSPS) is 13.9. The van der Waals surface area contributed by atoms with Crippen LogP contribution in [0.2, 0.25) is 5.02 Å². The molecule has 1 amide bonds. The molecule has 0 aliphatic heterocycles. The molecule has 0 radical (unpaired) electrons. The first-order valence-corrected chi connectivity index (χ1v) is 8.53. The van der Waals surface area contributed by atoms with Gasteiger partial charge in [0.05, 0.1) is 12.4 Å². The van der Waals surface area contributed by atoms with Crippen molar-refractivity contribution in [2.45, 2.75) is 23.1 Å². The number of thioether (sulfide) groups is 2. The standard InChI is InChI=1S/C13H18ClNO2S2/c1-9(12(7-16)18-2)15-13(17)8-19-11-5-3-10(14)4-6-11/h3-6,9,12,16H,7-8H2,1-2H3,(H,15,17). The number of aliphatic hydroxyl groups excluding tert-OH is 1. The van der Waals surface area contributed by atoms with Crippen molar-refractivity contribution in [1.82, 2.24) is 5.32 Å². The van der Waals surface area contributed by atoms with Gasteiger partial charge in [0.2, 0.25) is 5.91 Å². The second kappa shape index (κ2) is 8.74. The highest BCUT2D eigenvalue weighted by Crippen LogP contribution is 2.20. The summed E-state index contributed by atoms with van der Waals surface area (Å²) in [4.78, 5) is 12.8. The summed E-state index contributed by atoms with van der Waals surface area (Å²) in [6.45, 7) is 1.97. The van der Waals surface area contributed by atoms with Crippen LogP contribution < -0.4 is 5.32 Å². The number of hydrogen-bond donors (Lipinski definition) is 2. The maximum atomic E-state index is 11.8.